The topological polar surface area (TPSA) is 52.3 Å². The van der Waals surface area contributed by atoms with Gasteiger partial charge < -0.3 is 10.5 Å². The van der Waals surface area contributed by atoms with Gasteiger partial charge in [0.2, 0.25) is 0 Å². The minimum Gasteiger partial charge on any atom is -0.463 e. The van der Waals surface area contributed by atoms with E-state index < -0.39 is 0 Å². The molecule has 0 aliphatic heterocycles. The molecule has 3 nitrogen and oxygen atoms in total. The van der Waals surface area contributed by atoms with Crippen molar-refractivity contribution in [1.29, 1.82) is 0 Å². The third-order valence-electron chi connectivity index (χ3n) is 2.59. The molecule has 3 heteroatoms. The lowest BCUT2D eigenvalue weighted by molar-refractivity contribution is -0.137. The molecule has 0 fully saturated rings. The largest absolute Gasteiger partial charge is 0.463 e. The summed E-state index contributed by atoms with van der Waals surface area (Å²) >= 11 is 0. The standard InChI is InChI=1S/C11H21NO2/c1-5-8(3)9(4)10(12)7-11(13)14-6-2/h7-9H,5-6,12H2,1-4H3/b10-7-/t8-,9-/m1/s1. The third-order valence-corrected chi connectivity index (χ3v) is 2.59. The average Bonchev–Trinajstić information content (AvgIpc) is 2.15. The van der Waals surface area contributed by atoms with Crippen LogP contribution in [0.3, 0.4) is 0 Å². The Morgan fingerprint density at radius 2 is 2.00 bits per heavy atom. The number of hydrogen-bond acceptors (Lipinski definition) is 3. The smallest absolute Gasteiger partial charge is 0.332 e. The number of hydrogen-bond donors (Lipinski definition) is 1. The average molecular weight is 199 g/mol. The van der Waals surface area contributed by atoms with Crippen LogP contribution >= 0.6 is 0 Å². The van der Waals surface area contributed by atoms with E-state index in [1.54, 1.807) is 6.92 Å². The second-order valence-electron chi connectivity index (χ2n) is 3.57. The van der Waals surface area contributed by atoms with Crippen molar-refractivity contribution in [3.63, 3.8) is 0 Å². The van der Waals surface area contributed by atoms with E-state index in [0.29, 0.717) is 18.2 Å². The molecular weight excluding hydrogens is 178 g/mol. The van der Waals surface area contributed by atoms with Crippen LogP contribution in [0.15, 0.2) is 11.8 Å². The molecule has 2 atom stereocenters. The van der Waals surface area contributed by atoms with E-state index in [1.165, 1.54) is 6.08 Å². The van der Waals surface area contributed by atoms with Gasteiger partial charge in [-0.25, -0.2) is 4.79 Å². The molecule has 0 bridgehead atoms. The lowest BCUT2D eigenvalue weighted by Gasteiger charge is -2.18. The van der Waals surface area contributed by atoms with Crippen LogP contribution < -0.4 is 5.73 Å². The van der Waals surface area contributed by atoms with Gasteiger partial charge in [-0.05, 0) is 18.8 Å². The van der Waals surface area contributed by atoms with Crippen LogP contribution in [-0.2, 0) is 9.53 Å². The summed E-state index contributed by atoms with van der Waals surface area (Å²) in [6.45, 7) is 8.43. The van der Waals surface area contributed by atoms with E-state index in [0.717, 1.165) is 6.42 Å². The summed E-state index contributed by atoms with van der Waals surface area (Å²) in [5.74, 6) is 0.366. The molecule has 0 spiro atoms. The first-order chi connectivity index (χ1) is 6.52. The van der Waals surface area contributed by atoms with Crippen molar-refractivity contribution in [2.45, 2.75) is 34.1 Å². The number of esters is 1. The highest BCUT2D eigenvalue weighted by atomic mass is 16.5. The molecule has 0 saturated carbocycles. The summed E-state index contributed by atoms with van der Waals surface area (Å²) in [5, 5.41) is 0. The Morgan fingerprint density at radius 1 is 1.43 bits per heavy atom. The Morgan fingerprint density at radius 3 is 2.43 bits per heavy atom. The van der Waals surface area contributed by atoms with Crippen molar-refractivity contribution in [2.24, 2.45) is 17.6 Å². The quantitative estimate of drug-likeness (QED) is 0.544. The summed E-state index contributed by atoms with van der Waals surface area (Å²) < 4.78 is 4.78. The second-order valence-corrected chi connectivity index (χ2v) is 3.57. The molecule has 0 aliphatic carbocycles. The van der Waals surface area contributed by atoms with Crippen LogP contribution in [0.5, 0.6) is 0 Å². The van der Waals surface area contributed by atoms with E-state index in [-0.39, 0.29) is 11.9 Å². The van der Waals surface area contributed by atoms with Crippen molar-refractivity contribution in [3.05, 3.63) is 11.8 Å². The van der Waals surface area contributed by atoms with Crippen molar-refractivity contribution >= 4 is 5.97 Å². The van der Waals surface area contributed by atoms with Crippen LogP contribution in [0.25, 0.3) is 0 Å². The fourth-order valence-corrected chi connectivity index (χ4v) is 1.13. The van der Waals surface area contributed by atoms with E-state index >= 15 is 0 Å². The Labute approximate surface area is 86.3 Å². The number of carbonyl (C=O) groups excluding carboxylic acids is 1. The number of nitrogens with two attached hydrogens (primary N) is 1. The van der Waals surface area contributed by atoms with Crippen LogP contribution in [0.2, 0.25) is 0 Å². The summed E-state index contributed by atoms with van der Waals surface area (Å²) in [6, 6.07) is 0. The Balaban J connectivity index is 4.29. The first-order valence-corrected chi connectivity index (χ1v) is 5.16. The molecular formula is C11H21NO2. The first-order valence-electron chi connectivity index (χ1n) is 5.16. The van der Waals surface area contributed by atoms with Gasteiger partial charge in [0, 0.05) is 11.8 Å². The normalized spacial score (nSPS) is 16.1. The first kappa shape index (κ1) is 13.0. The highest BCUT2D eigenvalue weighted by molar-refractivity contribution is 5.82. The Hall–Kier alpha value is -0.990. The van der Waals surface area contributed by atoms with Crippen molar-refractivity contribution in [2.75, 3.05) is 6.61 Å². The number of allylic oxidation sites excluding steroid dienone is 1. The van der Waals surface area contributed by atoms with Crippen molar-refractivity contribution in [3.8, 4) is 0 Å². The maximum Gasteiger partial charge on any atom is 0.332 e. The Bertz CT molecular complexity index is 211. The highest BCUT2D eigenvalue weighted by Gasteiger charge is 2.13. The maximum atomic E-state index is 11.1. The molecule has 0 aromatic heterocycles. The molecule has 0 amide bonds. The predicted octanol–water partition coefficient (Wildman–Crippen LogP) is 2.07. The lowest BCUT2D eigenvalue weighted by atomic mass is 9.91. The van der Waals surface area contributed by atoms with E-state index in [2.05, 4.69) is 13.8 Å². The molecule has 0 aromatic carbocycles. The summed E-state index contributed by atoms with van der Waals surface area (Å²) in [6.07, 6.45) is 2.44. The maximum absolute atomic E-state index is 11.1. The molecule has 82 valence electrons. The molecule has 0 aromatic rings. The van der Waals surface area contributed by atoms with Crippen LogP contribution in [-0.4, -0.2) is 12.6 Å². The molecule has 0 rings (SSSR count). The van der Waals surface area contributed by atoms with E-state index in [9.17, 15) is 4.79 Å². The monoisotopic (exact) mass is 199 g/mol. The molecule has 0 heterocycles. The predicted molar refractivity (Wildman–Crippen MR) is 57.5 cm³/mol. The van der Waals surface area contributed by atoms with Gasteiger partial charge in [-0.3, -0.25) is 0 Å². The van der Waals surface area contributed by atoms with Crippen LogP contribution in [0, 0.1) is 11.8 Å². The van der Waals surface area contributed by atoms with Crippen molar-refractivity contribution < 1.29 is 9.53 Å². The SMILES string of the molecule is CCOC(=O)/C=C(\N)[C@H](C)[C@H](C)CC. The number of carbonyl (C=O) groups is 1. The van der Waals surface area contributed by atoms with Gasteiger partial charge in [-0.15, -0.1) is 0 Å². The summed E-state index contributed by atoms with van der Waals surface area (Å²) in [7, 11) is 0. The van der Waals surface area contributed by atoms with Gasteiger partial charge >= 0.3 is 5.97 Å². The second kappa shape index (κ2) is 6.46. The zero-order valence-corrected chi connectivity index (χ0v) is 9.54. The third kappa shape index (κ3) is 4.30. The van der Waals surface area contributed by atoms with Gasteiger partial charge in [0.1, 0.15) is 0 Å². The van der Waals surface area contributed by atoms with E-state index in [4.69, 9.17) is 10.5 Å². The summed E-state index contributed by atoms with van der Waals surface area (Å²) in [4.78, 5) is 11.1. The molecule has 0 aliphatic rings. The Kier molecular flexibility index (Phi) is 6.00. The fourth-order valence-electron chi connectivity index (χ4n) is 1.13. The van der Waals surface area contributed by atoms with Gasteiger partial charge in [-0.1, -0.05) is 27.2 Å². The van der Waals surface area contributed by atoms with Gasteiger partial charge in [0.05, 0.1) is 6.61 Å². The van der Waals surface area contributed by atoms with Gasteiger partial charge in [-0.2, -0.15) is 0 Å². The lowest BCUT2D eigenvalue weighted by Crippen LogP contribution is -2.18. The van der Waals surface area contributed by atoms with Gasteiger partial charge in [0.25, 0.3) is 0 Å². The highest BCUT2D eigenvalue weighted by Crippen LogP contribution is 2.19. The van der Waals surface area contributed by atoms with Crippen LogP contribution in [0.4, 0.5) is 0 Å². The minimum atomic E-state index is -0.347. The van der Waals surface area contributed by atoms with Gasteiger partial charge in [0.15, 0.2) is 0 Å². The number of ether oxygens (including phenoxy) is 1. The van der Waals surface area contributed by atoms with Crippen molar-refractivity contribution in [1.82, 2.24) is 0 Å². The zero-order valence-electron chi connectivity index (χ0n) is 9.54. The molecule has 2 N–H and O–H groups in total. The molecule has 0 saturated heterocycles. The zero-order chi connectivity index (χ0) is 11.1. The number of rotatable bonds is 5. The van der Waals surface area contributed by atoms with E-state index in [1.807, 2.05) is 6.92 Å². The summed E-state index contributed by atoms with van der Waals surface area (Å²) in [5.41, 5.74) is 6.39. The molecule has 0 radical (unpaired) electrons. The van der Waals surface area contributed by atoms with Crippen LogP contribution in [0.1, 0.15) is 34.1 Å². The fraction of sp³-hybridized carbons (Fsp3) is 0.727. The molecule has 14 heavy (non-hydrogen) atoms. The minimum absolute atomic E-state index is 0.226. The molecule has 0 unspecified atom stereocenters.